The fourth-order valence-electron chi connectivity index (χ4n) is 2.16. The van der Waals surface area contributed by atoms with Gasteiger partial charge in [-0.15, -0.1) is 0 Å². The summed E-state index contributed by atoms with van der Waals surface area (Å²) in [4.78, 5) is 22.0. The summed E-state index contributed by atoms with van der Waals surface area (Å²) in [7, 11) is 1.02. The Morgan fingerprint density at radius 3 is 2.59 bits per heavy atom. The Morgan fingerprint density at radius 1 is 1.50 bits per heavy atom. The summed E-state index contributed by atoms with van der Waals surface area (Å²) in [5.74, 6) is -1.87. The lowest BCUT2D eigenvalue weighted by Crippen LogP contribution is -2.12. The van der Waals surface area contributed by atoms with Crippen LogP contribution in [0.3, 0.4) is 0 Å². The highest BCUT2D eigenvalue weighted by atomic mass is 19.1. The maximum atomic E-state index is 14.7. The van der Waals surface area contributed by atoms with E-state index in [1.807, 2.05) is 0 Å². The van der Waals surface area contributed by atoms with Crippen LogP contribution < -0.4 is 5.73 Å². The van der Waals surface area contributed by atoms with Crippen LogP contribution in [0.4, 0.5) is 15.8 Å². The summed E-state index contributed by atoms with van der Waals surface area (Å²) in [5, 5.41) is 14.8. The third-order valence-electron chi connectivity index (χ3n) is 3.17. The molecule has 0 unspecified atom stereocenters. The molecule has 9 heteroatoms. The lowest BCUT2D eigenvalue weighted by atomic mass is 9.98. The maximum Gasteiger partial charge on any atom is 0.343 e. The predicted octanol–water partition coefficient (Wildman–Crippen LogP) is 2.37. The van der Waals surface area contributed by atoms with Crippen molar-refractivity contribution in [1.29, 1.82) is 0 Å². The molecular formula is C13H12FN3O5. The van der Waals surface area contributed by atoms with E-state index in [1.165, 1.54) is 6.92 Å². The van der Waals surface area contributed by atoms with Crippen molar-refractivity contribution >= 4 is 17.3 Å². The molecule has 0 spiro atoms. The number of nitrogen functional groups attached to an aromatic ring is 1. The van der Waals surface area contributed by atoms with Gasteiger partial charge in [0, 0.05) is 11.6 Å². The van der Waals surface area contributed by atoms with Crippen LogP contribution in [0.1, 0.15) is 21.8 Å². The third kappa shape index (κ3) is 2.26. The molecular weight excluding hydrogens is 297 g/mol. The average molecular weight is 309 g/mol. The van der Waals surface area contributed by atoms with E-state index in [0.29, 0.717) is 5.69 Å². The first kappa shape index (κ1) is 15.4. The molecule has 2 aromatic rings. The molecule has 0 aliphatic heterocycles. The summed E-state index contributed by atoms with van der Waals surface area (Å²) in [6.45, 7) is 3.07. The topological polar surface area (TPSA) is 121 Å². The number of benzene rings is 1. The van der Waals surface area contributed by atoms with Crippen LogP contribution in [0.2, 0.25) is 0 Å². The molecule has 0 fully saturated rings. The lowest BCUT2D eigenvalue weighted by Gasteiger charge is -2.10. The number of hydrogen-bond donors (Lipinski definition) is 1. The maximum absolute atomic E-state index is 14.7. The van der Waals surface area contributed by atoms with Gasteiger partial charge in [0.05, 0.1) is 23.3 Å². The first-order valence-corrected chi connectivity index (χ1v) is 6.07. The Hall–Kier alpha value is -2.97. The van der Waals surface area contributed by atoms with Crippen LogP contribution in [0.5, 0.6) is 0 Å². The highest BCUT2D eigenvalue weighted by Crippen LogP contribution is 2.38. The number of aryl methyl sites for hydroxylation is 2. The van der Waals surface area contributed by atoms with Gasteiger partial charge in [0.1, 0.15) is 22.8 Å². The SMILES string of the molecule is COC(=O)c1c(N)c([N+](=O)[O-])cc(-c2c(C)noc2C)c1F. The van der Waals surface area contributed by atoms with E-state index in [9.17, 15) is 19.3 Å². The van der Waals surface area contributed by atoms with Crippen LogP contribution in [0.15, 0.2) is 10.6 Å². The molecule has 1 aromatic carbocycles. The molecule has 0 atom stereocenters. The second-order valence-corrected chi connectivity index (χ2v) is 4.49. The number of rotatable bonds is 3. The number of ether oxygens (including phenoxy) is 1. The van der Waals surface area contributed by atoms with Gasteiger partial charge in [-0.3, -0.25) is 10.1 Å². The van der Waals surface area contributed by atoms with Crippen LogP contribution >= 0.6 is 0 Å². The molecule has 0 aliphatic carbocycles. The smallest absolute Gasteiger partial charge is 0.343 e. The van der Waals surface area contributed by atoms with E-state index in [1.54, 1.807) is 6.92 Å². The highest BCUT2D eigenvalue weighted by Gasteiger charge is 2.30. The molecule has 0 amide bonds. The van der Waals surface area contributed by atoms with Crippen molar-refractivity contribution in [2.45, 2.75) is 13.8 Å². The Kier molecular flexibility index (Phi) is 3.81. The van der Waals surface area contributed by atoms with Crippen molar-refractivity contribution < 1.29 is 23.4 Å². The molecule has 0 bridgehead atoms. The molecule has 22 heavy (non-hydrogen) atoms. The van der Waals surface area contributed by atoms with Gasteiger partial charge >= 0.3 is 5.97 Å². The largest absolute Gasteiger partial charge is 0.465 e. The third-order valence-corrected chi connectivity index (χ3v) is 3.17. The van der Waals surface area contributed by atoms with Gasteiger partial charge < -0.3 is 15.0 Å². The van der Waals surface area contributed by atoms with Crippen molar-refractivity contribution in [2.24, 2.45) is 0 Å². The number of nitrogens with zero attached hydrogens (tertiary/aromatic N) is 2. The monoisotopic (exact) mass is 309 g/mol. The molecule has 116 valence electrons. The number of halogens is 1. The lowest BCUT2D eigenvalue weighted by molar-refractivity contribution is -0.383. The second-order valence-electron chi connectivity index (χ2n) is 4.49. The van der Waals surface area contributed by atoms with Gasteiger partial charge in [-0.25, -0.2) is 9.18 Å². The Labute approximate surface area is 123 Å². The van der Waals surface area contributed by atoms with E-state index in [-0.39, 0.29) is 16.9 Å². The van der Waals surface area contributed by atoms with E-state index < -0.39 is 33.6 Å². The molecule has 2 rings (SSSR count). The van der Waals surface area contributed by atoms with Gasteiger partial charge in [-0.2, -0.15) is 0 Å². The summed E-state index contributed by atoms with van der Waals surface area (Å²) < 4.78 is 24.0. The summed E-state index contributed by atoms with van der Waals surface area (Å²) >= 11 is 0. The Bertz CT molecular complexity index is 765. The first-order valence-electron chi connectivity index (χ1n) is 6.07. The number of carbonyl (C=O) groups is 1. The quantitative estimate of drug-likeness (QED) is 0.399. The molecule has 0 radical (unpaired) electrons. The Morgan fingerprint density at radius 2 is 2.14 bits per heavy atom. The second kappa shape index (κ2) is 5.43. The highest BCUT2D eigenvalue weighted by molar-refractivity contribution is 6.00. The van der Waals surface area contributed by atoms with Gasteiger partial charge in [-0.1, -0.05) is 5.16 Å². The Balaban J connectivity index is 2.89. The van der Waals surface area contributed by atoms with Crippen LogP contribution in [-0.4, -0.2) is 23.2 Å². The number of nitro groups is 1. The molecule has 0 saturated heterocycles. The fourth-order valence-corrected chi connectivity index (χ4v) is 2.16. The van der Waals surface area contributed by atoms with E-state index in [0.717, 1.165) is 13.2 Å². The number of esters is 1. The summed E-state index contributed by atoms with van der Waals surface area (Å²) in [6, 6.07) is 0.948. The first-order chi connectivity index (χ1) is 10.3. The summed E-state index contributed by atoms with van der Waals surface area (Å²) in [6.07, 6.45) is 0. The standard InChI is InChI=1S/C13H12FN3O5/c1-5-9(6(2)22-16-5)7-4-8(17(19)20)12(15)10(11(7)14)13(18)21-3/h4H,15H2,1-3H3. The number of hydrogen-bond acceptors (Lipinski definition) is 7. The predicted molar refractivity (Wildman–Crippen MR) is 73.8 cm³/mol. The van der Waals surface area contributed by atoms with Gasteiger partial charge in [0.25, 0.3) is 5.69 Å². The minimum absolute atomic E-state index is 0.197. The van der Waals surface area contributed by atoms with Crippen molar-refractivity contribution in [3.05, 3.63) is 39.0 Å². The van der Waals surface area contributed by atoms with Crippen molar-refractivity contribution in [2.75, 3.05) is 12.8 Å². The molecule has 2 N–H and O–H groups in total. The molecule has 0 aliphatic rings. The van der Waals surface area contributed by atoms with Crippen molar-refractivity contribution in [3.8, 4) is 11.1 Å². The zero-order chi connectivity index (χ0) is 16.6. The average Bonchev–Trinajstić information content (AvgIpc) is 2.78. The number of nitrogens with two attached hydrogens (primary N) is 1. The van der Waals surface area contributed by atoms with Gasteiger partial charge in [-0.05, 0) is 13.8 Å². The molecule has 1 aromatic heterocycles. The fraction of sp³-hybridized carbons (Fsp3) is 0.231. The zero-order valence-corrected chi connectivity index (χ0v) is 12.0. The van der Waals surface area contributed by atoms with Crippen LogP contribution in [0, 0.1) is 29.8 Å². The molecule has 1 heterocycles. The minimum atomic E-state index is -1.10. The van der Waals surface area contributed by atoms with E-state index in [2.05, 4.69) is 9.89 Å². The van der Waals surface area contributed by atoms with E-state index >= 15 is 0 Å². The number of carbonyl (C=O) groups excluding carboxylic acids is 1. The number of anilines is 1. The minimum Gasteiger partial charge on any atom is -0.465 e. The number of aromatic nitrogens is 1. The molecule has 8 nitrogen and oxygen atoms in total. The van der Waals surface area contributed by atoms with Gasteiger partial charge in [0.2, 0.25) is 0 Å². The zero-order valence-electron chi connectivity index (χ0n) is 12.0. The molecule has 0 saturated carbocycles. The van der Waals surface area contributed by atoms with Crippen LogP contribution in [-0.2, 0) is 4.74 Å². The van der Waals surface area contributed by atoms with Crippen molar-refractivity contribution in [3.63, 3.8) is 0 Å². The van der Waals surface area contributed by atoms with Crippen molar-refractivity contribution in [1.82, 2.24) is 5.16 Å². The summed E-state index contributed by atoms with van der Waals surface area (Å²) in [5.41, 5.74) is 4.01. The number of methoxy groups -OCH3 is 1. The number of nitro benzene ring substituents is 1. The van der Waals surface area contributed by atoms with Crippen LogP contribution in [0.25, 0.3) is 11.1 Å². The normalized spacial score (nSPS) is 10.5. The van der Waals surface area contributed by atoms with Gasteiger partial charge in [0.15, 0.2) is 0 Å². The van der Waals surface area contributed by atoms with E-state index in [4.69, 9.17) is 10.3 Å².